The molecule has 2 aromatic rings. The number of hydrogen-bond donors (Lipinski definition) is 0. The van der Waals surface area contributed by atoms with E-state index in [2.05, 4.69) is 14.7 Å². The summed E-state index contributed by atoms with van der Waals surface area (Å²) in [7, 11) is 0. The average molecular weight is 245 g/mol. The average Bonchev–Trinajstić information content (AvgIpc) is 2.87. The van der Waals surface area contributed by atoms with Crippen LogP contribution in [0.15, 0.2) is 10.6 Å². The van der Waals surface area contributed by atoms with Crippen LogP contribution in [0.5, 0.6) is 0 Å². The first-order valence-corrected chi connectivity index (χ1v) is 6.16. The van der Waals surface area contributed by atoms with E-state index < -0.39 is 0 Å². The minimum absolute atomic E-state index is 0.252. The number of rotatable bonds is 2. The van der Waals surface area contributed by atoms with Crippen LogP contribution in [0.4, 0.5) is 0 Å². The van der Waals surface area contributed by atoms with Crippen LogP contribution in [-0.2, 0) is 13.0 Å². The zero-order chi connectivity index (χ0) is 12.7. The Morgan fingerprint density at radius 3 is 2.94 bits per heavy atom. The Kier molecular flexibility index (Phi) is 2.54. The lowest BCUT2D eigenvalue weighted by atomic mass is 9.97. The molecule has 5 nitrogen and oxygen atoms in total. The van der Waals surface area contributed by atoms with Crippen LogP contribution in [0.25, 0.3) is 0 Å². The molecule has 94 valence electrons. The maximum Gasteiger partial charge on any atom is 0.223 e. The van der Waals surface area contributed by atoms with E-state index in [-0.39, 0.29) is 5.78 Å². The minimum atomic E-state index is 0.252. The molecule has 3 rings (SSSR count). The van der Waals surface area contributed by atoms with E-state index in [1.165, 1.54) is 0 Å². The molecule has 0 fully saturated rings. The van der Waals surface area contributed by atoms with Gasteiger partial charge in [-0.15, -0.1) is 0 Å². The quantitative estimate of drug-likeness (QED) is 0.812. The number of hydrogen-bond acceptors (Lipinski definition) is 4. The van der Waals surface area contributed by atoms with Gasteiger partial charge in [0.25, 0.3) is 0 Å². The van der Waals surface area contributed by atoms with E-state index in [1.807, 2.05) is 13.0 Å². The highest BCUT2D eigenvalue weighted by molar-refractivity contribution is 5.98. The number of aromatic nitrogens is 3. The van der Waals surface area contributed by atoms with Crippen molar-refractivity contribution in [2.75, 3.05) is 0 Å². The molecule has 0 aromatic carbocycles. The zero-order valence-corrected chi connectivity index (χ0v) is 10.6. The molecular formula is C13H15N3O2. The van der Waals surface area contributed by atoms with Gasteiger partial charge in [-0.05, 0) is 25.8 Å². The van der Waals surface area contributed by atoms with E-state index in [0.717, 1.165) is 29.8 Å². The highest BCUT2D eigenvalue weighted by Crippen LogP contribution is 2.25. The van der Waals surface area contributed by atoms with Gasteiger partial charge in [0, 0.05) is 30.3 Å². The molecule has 0 atom stereocenters. The number of carbonyl (C=O) groups excluding carboxylic acids is 1. The molecule has 1 aliphatic carbocycles. The largest absolute Gasteiger partial charge is 0.340 e. The predicted octanol–water partition coefficient (Wildman–Crippen LogP) is 2.06. The van der Waals surface area contributed by atoms with E-state index >= 15 is 0 Å². The third kappa shape index (κ3) is 1.75. The van der Waals surface area contributed by atoms with Crippen LogP contribution in [0.2, 0.25) is 0 Å². The van der Waals surface area contributed by atoms with Gasteiger partial charge in [0.05, 0.1) is 6.54 Å². The standard InChI is InChI=1S/C13H15N3O2/c1-8-6-10-11(4-3-5-12(10)17)16(8)7-13-14-9(2)18-15-13/h6H,3-5,7H2,1-2H3. The lowest BCUT2D eigenvalue weighted by Gasteiger charge is -2.14. The maximum absolute atomic E-state index is 11.8. The number of carbonyl (C=O) groups is 1. The van der Waals surface area contributed by atoms with E-state index in [1.54, 1.807) is 6.92 Å². The third-order valence-electron chi connectivity index (χ3n) is 3.40. The Hall–Kier alpha value is -1.91. The minimum Gasteiger partial charge on any atom is -0.340 e. The molecule has 0 saturated carbocycles. The fourth-order valence-electron chi connectivity index (χ4n) is 2.56. The van der Waals surface area contributed by atoms with Gasteiger partial charge in [-0.25, -0.2) is 0 Å². The first-order valence-electron chi connectivity index (χ1n) is 6.16. The van der Waals surface area contributed by atoms with Crippen molar-refractivity contribution in [2.24, 2.45) is 0 Å². The van der Waals surface area contributed by atoms with Gasteiger partial charge >= 0.3 is 0 Å². The lowest BCUT2D eigenvalue weighted by Crippen LogP contribution is -2.14. The molecule has 0 aliphatic heterocycles. The van der Waals surface area contributed by atoms with Crippen molar-refractivity contribution < 1.29 is 9.32 Å². The summed E-state index contributed by atoms with van der Waals surface area (Å²) >= 11 is 0. The smallest absolute Gasteiger partial charge is 0.223 e. The second-order valence-electron chi connectivity index (χ2n) is 4.74. The molecule has 0 saturated heterocycles. The number of ketones is 1. The van der Waals surface area contributed by atoms with Crippen LogP contribution >= 0.6 is 0 Å². The Morgan fingerprint density at radius 1 is 1.39 bits per heavy atom. The predicted molar refractivity (Wildman–Crippen MR) is 64.6 cm³/mol. The molecule has 2 aromatic heterocycles. The van der Waals surface area contributed by atoms with Crippen molar-refractivity contribution in [1.29, 1.82) is 0 Å². The maximum atomic E-state index is 11.8. The monoisotopic (exact) mass is 245 g/mol. The number of aryl methyl sites for hydroxylation is 2. The summed E-state index contributed by atoms with van der Waals surface area (Å²) in [5.74, 6) is 1.48. The Morgan fingerprint density at radius 2 is 2.22 bits per heavy atom. The molecule has 1 aliphatic rings. The molecule has 2 heterocycles. The summed E-state index contributed by atoms with van der Waals surface area (Å²) in [4.78, 5) is 16.1. The zero-order valence-electron chi connectivity index (χ0n) is 10.6. The summed E-state index contributed by atoms with van der Waals surface area (Å²) in [5.41, 5.74) is 3.07. The Balaban J connectivity index is 1.99. The first kappa shape index (κ1) is 11.2. The highest BCUT2D eigenvalue weighted by Gasteiger charge is 2.23. The second kappa shape index (κ2) is 4.08. The van der Waals surface area contributed by atoms with Gasteiger partial charge in [0.1, 0.15) is 0 Å². The molecule has 0 unspecified atom stereocenters. The summed E-state index contributed by atoms with van der Waals surface area (Å²) in [6, 6.07) is 1.98. The van der Waals surface area contributed by atoms with Crippen molar-refractivity contribution in [3.8, 4) is 0 Å². The van der Waals surface area contributed by atoms with Crippen LogP contribution in [0, 0.1) is 13.8 Å². The molecule has 0 N–H and O–H groups in total. The number of fused-ring (bicyclic) bond motifs is 1. The van der Waals surface area contributed by atoms with Gasteiger partial charge in [-0.1, -0.05) is 5.16 Å². The molecule has 0 bridgehead atoms. The van der Waals surface area contributed by atoms with Crippen molar-refractivity contribution >= 4 is 5.78 Å². The summed E-state index contributed by atoms with van der Waals surface area (Å²) in [5, 5.41) is 3.91. The van der Waals surface area contributed by atoms with Gasteiger partial charge in [-0.3, -0.25) is 4.79 Å². The van der Waals surface area contributed by atoms with E-state index in [9.17, 15) is 4.79 Å². The summed E-state index contributed by atoms with van der Waals surface area (Å²) in [6.07, 6.45) is 2.55. The van der Waals surface area contributed by atoms with Crippen molar-refractivity contribution in [3.63, 3.8) is 0 Å². The lowest BCUT2D eigenvalue weighted by molar-refractivity contribution is 0.0972. The summed E-state index contributed by atoms with van der Waals surface area (Å²) < 4.78 is 7.10. The molecule has 0 spiro atoms. The van der Waals surface area contributed by atoms with Crippen LogP contribution in [0.3, 0.4) is 0 Å². The number of nitrogens with zero attached hydrogens (tertiary/aromatic N) is 3. The topological polar surface area (TPSA) is 60.9 Å². The fourth-order valence-corrected chi connectivity index (χ4v) is 2.56. The van der Waals surface area contributed by atoms with Gasteiger partial charge in [-0.2, -0.15) is 4.98 Å². The van der Waals surface area contributed by atoms with Gasteiger partial charge in [0.15, 0.2) is 11.6 Å². The van der Waals surface area contributed by atoms with Crippen molar-refractivity contribution in [1.82, 2.24) is 14.7 Å². The third-order valence-corrected chi connectivity index (χ3v) is 3.40. The SMILES string of the molecule is Cc1nc(Cn2c(C)cc3c2CCCC3=O)no1. The van der Waals surface area contributed by atoms with E-state index in [0.29, 0.717) is 24.7 Å². The molecule has 0 amide bonds. The normalized spacial score (nSPS) is 14.9. The van der Waals surface area contributed by atoms with Gasteiger partial charge < -0.3 is 9.09 Å². The van der Waals surface area contributed by atoms with Crippen LogP contribution < -0.4 is 0 Å². The van der Waals surface area contributed by atoms with Crippen LogP contribution in [-0.4, -0.2) is 20.5 Å². The summed E-state index contributed by atoms with van der Waals surface area (Å²) in [6.45, 7) is 4.36. The van der Waals surface area contributed by atoms with E-state index in [4.69, 9.17) is 4.52 Å². The molecule has 0 radical (unpaired) electrons. The van der Waals surface area contributed by atoms with Crippen LogP contribution in [0.1, 0.15) is 46.3 Å². The first-order chi connectivity index (χ1) is 8.65. The second-order valence-corrected chi connectivity index (χ2v) is 4.74. The fraction of sp³-hybridized carbons (Fsp3) is 0.462. The van der Waals surface area contributed by atoms with Gasteiger partial charge in [0.2, 0.25) is 5.89 Å². The van der Waals surface area contributed by atoms with Crippen molar-refractivity contribution in [2.45, 2.75) is 39.7 Å². The molecule has 18 heavy (non-hydrogen) atoms. The Bertz CT molecular complexity index is 610. The number of Topliss-reactive ketones (excluding diaryl/α,β-unsaturated/α-hetero) is 1. The molecular weight excluding hydrogens is 230 g/mol. The Labute approximate surface area is 105 Å². The molecule has 5 heteroatoms. The highest BCUT2D eigenvalue weighted by atomic mass is 16.5. The van der Waals surface area contributed by atoms with Crippen molar-refractivity contribution in [3.05, 3.63) is 34.7 Å².